The predicted molar refractivity (Wildman–Crippen MR) is 120 cm³/mol. The SMILES string of the molecule is C=C(/C=C\C(=C/C)c1ccc(-c2ccccc2C)c(C)c1)c1ccccc1. The summed E-state index contributed by atoms with van der Waals surface area (Å²) in [5.41, 5.74) is 9.78. The van der Waals surface area contributed by atoms with Crippen LogP contribution in [-0.2, 0) is 0 Å². The van der Waals surface area contributed by atoms with Crippen molar-refractivity contribution in [3.63, 3.8) is 0 Å². The fourth-order valence-electron chi connectivity index (χ4n) is 3.32. The van der Waals surface area contributed by atoms with E-state index in [1.165, 1.54) is 33.4 Å². The summed E-state index contributed by atoms with van der Waals surface area (Å²) in [6.45, 7) is 10.6. The lowest BCUT2D eigenvalue weighted by molar-refractivity contribution is 1.40. The molecule has 3 aromatic rings. The average Bonchev–Trinajstić information content (AvgIpc) is 2.70. The minimum Gasteiger partial charge on any atom is -0.0912 e. The molecular formula is C27H26. The molecule has 0 nitrogen and oxygen atoms in total. The van der Waals surface area contributed by atoms with Crippen molar-refractivity contribution in [2.24, 2.45) is 0 Å². The van der Waals surface area contributed by atoms with Crippen molar-refractivity contribution in [3.8, 4) is 11.1 Å². The van der Waals surface area contributed by atoms with E-state index in [4.69, 9.17) is 0 Å². The van der Waals surface area contributed by atoms with E-state index in [-0.39, 0.29) is 0 Å². The summed E-state index contributed by atoms with van der Waals surface area (Å²) in [6, 6.07) is 25.5. The molecule has 0 aromatic heterocycles. The Balaban J connectivity index is 1.87. The Hall–Kier alpha value is -3.12. The molecule has 0 atom stereocenters. The second-order valence-corrected chi connectivity index (χ2v) is 6.81. The van der Waals surface area contributed by atoms with Crippen molar-refractivity contribution in [1.82, 2.24) is 0 Å². The second kappa shape index (κ2) is 8.51. The molecule has 0 aliphatic rings. The van der Waals surface area contributed by atoms with Crippen LogP contribution in [0.1, 0.15) is 29.2 Å². The first-order chi connectivity index (χ1) is 13.1. The van der Waals surface area contributed by atoms with Crippen LogP contribution in [0.5, 0.6) is 0 Å². The van der Waals surface area contributed by atoms with Gasteiger partial charge < -0.3 is 0 Å². The van der Waals surface area contributed by atoms with Crippen molar-refractivity contribution in [3.05, 3.63) is 120 Å². The number of hydrogen-bond acceptors (Lipinski definition) is 0. The molecule has 0 unspecified atom stereocenters. The van der Waals surface area contributed by atoms with Gasteiger partial charge in [-0.2, -0.15) is 0 Å². The summed E-state index contributed by atoms with van der Waals surface area (Å²) in [5, 5.41) is 0. The van der Waals surface area contributed by atoms with E-state index in [1.807, 2.05) is 18.2 Å². The summed E-state index contributed by atoms with van der Waals surface area (Å²) in [5.74, 6) is 0. The van der Waals surface area contributed by atoms with Crippen LogP contribution in [-0.4, -0.2) is 0 Å². The van der Waals surface area contributed by atoms with Gasteiger partial charge in [0.05, 0.1) is 0 Å². The van der Waals surface area contributed by atoms with E-state index < -0.39 is 0 Å². The molecular weight excluding hydrogens is 324 g/mol. The Labute approximate surface area is 163 Å². The van der Waals surface area contributed by atoms with Gasteiger partial charge in [0.25, 0.3) is 0 Å². The van der Waals surface area contributed by atoms with Crippen LogP contribution in [0.2, 0.25) is 0 Å². The highest BCUT2D eigenvalue weighted by Crippen LogP contribution is 2.29. The average molecular weight is 351 g/mol. The molecule has 0 radical (unpaired) electrons. The first-order valence-corrected chi connectivity index (χ1v) is 9.36. The van der Waals surface area contributed by atoms with Gasteiger partial charge in [-0.3, -0.25) is 0 Å². The molecule has 0 saturated heterocycles. The number of rotatable bonds is 5. The fraction of sp³-hybridized carbons (Fsp3) is 0.111. The fourth-order valence-corrected chi connectivity index (χ4v) is 3.32. The zero-order valence-corrected chi connectivity index (χ0v) is 16.4. The van der Waals surface area contributed by atoms with Crippen LogP contribution in [0.15, 0.2) is 97.6 Å². The molecule has 0 N–H and O–H groups in total. The van der Waals surface area contributed by atoms with Crippen LogP contribution in [0, 0.1) is 13.8 Å². The van der Waals surface area contributed by atoms with E-state index >= 15 is 0 Å². The second-order valence-electron chi connectivity index (χ2n) is 6.81. The van der Waals surface area contributed by atoms with E-state index in [9.17, 15) is 0 Å². The smallest absolute Gasteiger partial charge is 0.0152 e. The standard InChI is InChI=1S/C27H26/c1-5-23(16-15-20(2)24-12-7-6-8-13-24)25-17-18-27(22(4)19-25)26-14-10-9-11-21(26)3/h5-19H,2H2,1,3-4H3/b16-15-,23-5+. The lowest BCUT2D eigenvalue weighted by atomic mass is 9.93. The van der Waals surface area contributed by atoms with Crippen molar-refractivity contribution >= 4 is 11.1 Å². The number of hydrogen-bond donors (Lipinski definition) is 0. The number of allylic oxidation sites excluding steroid dienone is 5. The highest BCUT2D eigenvalue weighted by Gasteiger charge is 2.07. The number of benzene rings is 3. The minimum absolute atomic E-state index is 1.02. The first kappa shape index (κ1) is 18.7. The zero-order chi connectivity index (χ0) is 19.2. The lowest BCUT2D eigenvalue weighted by Gasteiger charge is -2.12. The molecule has 3 aromatic carbocycles. The van der Waals surface area contributed by atoms with E-state index in [2.05, 4.69) is 100 Å². The summed E-state index contributed by atoms with van der Waals surface area (Å²) in [6.07, 6.45) is 6.39. The normalized spacial score (nSPS) is 11.7. The van der Waals surface area contributed by atoms with Crippen molar-refractivity contribution in [2.45, 2.75) is 20.8 Å². The molecule has 0 heteroatoms. The summed E-state index contributed by atoms with van der Waals surface area (Å²) < 4.78 is 0. The Morgan fingerprint density at radius 2 is 1.37 bits per heavy atom. The van der Waals surface area contributed by atoms with Gasteiger partial charge in [0.2, 0.25) is 0 Å². The van der Waals surface area contributed by atoms with Crippen molar-refractivity contribution in [1.29, 1.82) is 0 Å². The molecule has 3 rings (SSSR count). The predicted octanol–water partition coefficient (Wildman–Crippen LogP) is 7.64. The van der Waals surface area contributed by atoms with Crippen molar-refractivity contribution in [2.75, 3.05) is 0 Å². The molecule has 134 valence electrons. The van der Waals surface area contributed by atoms with Crippen LogP contribution in [0.25, 0.3) is 22.3 Å². The van der Waals surface area contributed by atoms with Gasteiger partial charge in [0, 0.05) is 0 Å². The van der Waals surface area contributed by atoms with Crippen LogP contribution in [0.4, 0.5) is 0 Å². The maximum Gasteiger partial charge on any atom is -0.0152 e. The van der Waals surface area contributed by atoms with Gasteiger partial charge in [0.15, 0.2) is 0 Å². The molecule has 27 heavy (non-hydrogen) atoms. The highest BCUT2D eigenvalue weighted by atomic mass is 14.1. The Morgan fingerprint density at radius 1 is 0.704 bits per heavy atom. The third-order valence-electron chi connectivity index (χ3n) is 4.91. The summed E-state index contributed by atoms with van der Waals surface area (Å²) in [4.78, 5) is 0. The van der Waals surface area contributed by atoms with Gasteiger partial charge in [-0.25, -0.2) is 0 Å². The van der Waals surface area contributed by atoms with Gasteiger partial charge in [-0.15, -0.1) is 0 Å². The largest absolute Gasteiger partial charge is 0.0912 e. The topological polar surface area (TPSA) is 0 Å². The van der Waals surface area contributed by atoms with Gasteiger partial charge in [0.1, 0.15) is 0 Å². The Kier molecular flexibility index (Phi) is 5.88. The van der Waals surface area contributed by atoms with E-state index in [0.29, 0.717) is 0 Å². The molecule has 0 amide bonds. The van der Waals surface area contributed by atoms with Crippen LogP contribution in [0.3, 0.4) is 0 Å². The number of aryl methyl sites for hydroxylation is 2. The maximum absolute atomic E-state index is 4.19. The molecule has 0 heterocycles. The maximum atomic E-state index is 4.19. The monoisotopic (exact) mass is 350 g/mol. The molecule has 0 aliphatic carbocycles. The summed E-state index contributed by atoms with van der Waals surface area (Å²) in [7, 11) is 0. The zero-order valence-electron chi connectivity index (χ0n) is 16.4. The van der Waals surface area contributed by atoms with Gasteiger partial charge in [-0.1, -0.05) is 97.6 Å². The van der Waals surface area contributed by atoms with Gasteiger partial charge in [-0.05, 0) is 65.3 Å². The molecule has 0 bridgehead atoms. The molecule has 0 fully saturated rings. The summed E-state index contributed by atoms with van der Waals surface area (Å²) >= 11 is 0. The molecule has 0 saturated carbocycles. The van der Waals surface area contributed by atoms with Crippen LogP contribution >= 0.6 is 0 Å². The van der Waals surface area contributed by atoms with Crippen LogP contribution < -0.4 is 0 Å². The van der Waals surface area contributed by atoms with E-state index in [1.54, 1.807) is 0 Å². The Bertz CT molecular complexity index is 1000. The molecule has 0 spiro atoms. The quantitative estimate of drug-likeness (QED) is 0.415. The lowest BCUT2D eigenvalue weighted by Crippen LogP contribution is -1.90. The Morgan fingerprint density at radius 3 is 2.04 bits per heavy atom. The van der Waals surface area contributed by atoms with Gasteiger partial charge >= 0.3 is 0 Å². The third-order valence-corrected chi connectivity index (χ3v) is 4.91. The first-order valence-electron chi connectivity index (χ1n) is 9.36. The highest BCUT2D eigenvalue weighted by molar-refractivity contribution is 5.82. The third kappa shape index (κ3) is 4.35. The van der Waals surface area contributed by atoms with Crippen molar-refractivity contribution < 1.29 is 0 Å². The van der Waals surface area contributed by atoms with E-state index in [0.717, 1.165) is 11.1 Å². The molecule has 0 aliphatic heterocycles. The minimum atomic E-state index is 1.02.